The van der Waals surface area contributed by atoms with Crippen molar-refractivity contribution in [3.8, 4) is 0 Å². The third-order valence-electron chi connectivity index (χ3n) is 7.85. The molecule has 0 aromatic heterocycles. The van der Waals surface area contributed by atoms with Crippen molar-refractivity contribution in [1.82, 2.24) is 24.9 Å². The highest BCUT2D eigenvalue weighted by Crippen LogP contribution is 2.31. The number of hydrogen-bond acceptors (Lipinski definition) is 4. The zero-order chi connectivity index (χ0) is 19.4. The van der Waals surface area contributed by atoms with Gasteiger partial charge in [-0.3, -0.25) is 14.8 Å². The van der Waals surface area contributed by atoms with Crippen LogP contribution in [0.5, 0.6) is 0 Å². The van der Waals surface area contributed by atoms with E-state index in [1.807, 2.05) is 7.05 Å². The van der Waals surface area contributed by atoms with E-state index < -0.39 is 0 Å². The molecule has 7 heteroatoms. The van der Waals surface area contributed by atoms with Crippen LogP contribution in [-0.2, 0) is 0 Å². The number of hydrogen-bond donors (Lipinski definition) is 1. The predicted molar refractivity (Wildman–Crippen MR) is 132 cm³/mol. The lowest BCUT2D eigenvalue weighted by Gasteiger charge is -2.50. The highest BCUT2D eigenvalue weighted by atomic mass is 127. The molecule has 0 bridgehead atoms. The monoisotopic (exact) mass is 518 g/mol. The summed E-state index contributed by atoms with van der Waals surface area (Å²) in [5.41, 5.74) is 0.316. The van der Waals surface area contributed by atoms with E-state index >= 15 is 0 Å². The minimum atomic E-state index is 0. The highest BCUT2D eigenvalue weighted by Gasteiger charge is 2.40. The molecule has 1 N–H and O–H groups in total. The lowest BCUT2D eigenvalue weighted by Crippen LogP contribution is -2.62. The van der Waals surface area contributed by atoms with Crippen molar-refractivity contribution in [2.75, 3.05) is 73.0 Å². The number of rotatable bonds is 4. The molecule has 4 fully saturated rings. The van der Waals surface area contributed by atoms with Crippen molar-refractivity contribution < 1.29 is 0 Å². The Morgan fingerprint density at radius 3 is 2.24 bits per heavy atom. The summed E-state index contributed by atoms with van der Waals surface area (Å²) in [6.07, 6.45) is 10.8. The summed E-state index contributed by atoms with van der Waals surface area (Å²) in [7, 11) is 4.24. The van der Waals surface area contributed by atoms with Crippen LogP contribution < -0.4 is 5.32 Å². The van der Waals surface area contributed by atoms with Gasteiger partial charge in [-0.05, 0) is 91.3 Å². The second kappa shape index (κ2) is 11.0. The number of nitrogens with zero attached hydrogens (tertiary/aromatic N) is 5. The summed E-state index contributed by atoms with van der Waals surface area (Å²) in [5.74, 6) is 1.14. The minimum absolute atomic E-state index is 0. The third-order valence-corrected chi connectivity index (χ3v) is 7.85. The summed E-state index contributed by atoms with van der Waals surface area (Å²) in [6, 6.07) is 0.737. The molecule has 1 atom stereocenters. The van der Waals surface area contributed by atoms with Gasteiger partial charge in [0, 0.05) is 38.3 Å². The fourth-order valence-corrected chi connectivity index (χ4v) is 5.92. The number of nitrogens with one attached hydrogen (secondary N) is 1. The van der Waals surface area contributed by atoms with E-state index in [0.717, 1.165) is 31.6 Å². The first-order valence-corrected chi connectivity index (χ1v) is 11.8. The number of piperidine rings is 2. The fraction of sp³-hybridized carbons (Fsp3) is 0.955. The van der Waals surface area contributed by atoms with Crippen molar-refractivity contribution in [2.45, 2.75) is 62.9 Å². The first-order chi connectivity index (χ1) is 13.7. The standard InChI is InChI=1S/C22H42N6.HI/c1-23-21(27-15-8-20(18-27)26-11-6-7-12-26)24-19-22(9-16-25(2)17-10-22)28-13-4-3-5-14-28;/h20H,3-19H2,1-2H3,(H,23,24);1H. The molecule has 168 valence electrons. The van der Waals surface area contributed by atoms with Gasteiger partial charge < -0.3 is 15.1 Å². The molecule has 1 unspecified atom stereocenters. The molecular formula is C22H43IN6. The number of likely N-dealkylation sites (tertiary alicyclic amines) is 4. The Balaban J connectivity index is 0.00000240. The molecule has 4 rings (SSSR count). The third kappa shape index (κ3) is 5.57. The van der Waals surface area contributed by atoms with Crippen LogP contribution >= 0.6 is 24.0 Å². The summed E-state index contributed by atoms with van der Waals surface area (Å²) < 4.78 is 0. The van der Waals surface area contributed by atoms with Gasteiger partial charge in [-0.2, -0.15) is 0 Å². The second-order valence-electron chi connectivity index (χ2n) is 9.61. The van der Waals surface area contributed by atoms with Crippen LogP contribution in [0.4, 0.5) is 0 Å². The molecule has 29 heavy (non-hydrogen) atoms. The highest BCUT2D eigenvalue weighted by molar-refractivity contribution is 14.0. The number of aliphatic imine (C=N–C) groups is 1. The maximum atomic E-state index is 4.69. The van der Waals surface area contributed by atoms with Gasteiger partial charge in [0.15, 0.2) is 5.96 Å². The zero-order valence-electron chi connectivity index (χ0n) is 18.7. The van der Waals surface area contributed by atoms with Gasteiger partial charge in [0.1, 0.15) is 0 Å². The maximum Gasteiger partial charge on any atom is 0.193 e. The Labute approximate surface area is 195 Å². The molecule has 0 aliphatic carbocycles. The van der Waals surface area contributed by atoms with Gasteiger partial charge in [-0.15, -0.1) is 24.0 Å². The molecule has 0 radical (unpaired) electrons. The van der Waals surface area contributed by atoms with Gasteiger partial charge in [0.25, 0.3) is 0 Å². The van der Waals surface area contributed by atoms with Gasteiger partial charge in [-0.1, -0.05) is 6.42 Å². The van der Waals surface area contributed by atoms with Crippen LogP contribution in [-0.4, -0.2) is 110 Å². The molecule has 4 aliphatic rings. The van der Waals surface area contributed by atoms with Crippen LogP contribution in [0.15, 0.2) is 4.99 Å². The van der Waals surface area contributed by atoms with E-state index in [1.54, 1.807) is 0 Å². The lowest BCUT2D eigenvalue weighted by atomic mass is 9.84. The van der Waals surface area contributed by atoms with E-state index in [4.69, 9.17) is 4.99 Å². The topological polar surface area (TPSA) is 37.4 Å². The van der Waals surface area contributed by atoms with Crippen molar-refractivity contribution in [1.29, 1.82) is 0 Å². The summed E-state index contributed by atoms with van der Waals surface area (Å²) in [4.78, 5) is 15.2. The van der Waals surface area contributed by atoms with Crippen molar-refractivity contribution in [3.63, 3.8) is 0 Å². The van der Waals surface area contributed by atoms with Gasteiger partial charge >= 0.3 is 0 Å². The first kappa shape index (κ1) is 23.5. The average Bonchev–Trinajstić information content (AvgIpc) is 3.43. The largest absolute Gasteiger partial charge is 0.354 e. The molecule has 0 spiro atoms. The fourth-order valence-electron chi connectivity index (χ4n) is 5.92. The Hall–Kier alpha value is -0.120. The van der Waals surface area contributed by atoms with Crippen LogP contribution in [0.3, 0.4) is 0 Å². The Bertz CT molecular complexity index is 521. The first-order valence-electron chi connectivity index (χ1n) is 11.8. The van der Waals surface area contributed by atoms with E-state index in [1.165, 1.54) is 90.6 Å². The van der Waals surface area contributed by atoms with E-state index in [9.17, 15) is 0 Å². The van der Waals surface area contributed by atoms with Crippen LogP contribution in [0.1, 0.15) is 51.4 Å². The quantitative estimate of drug-likeness (QED) is 0.351. The van der Waals surface area contributed by atoms with E-state index in [-0.39, 0.29) is 24.0 Å². The Morgan fingerprint density at radius 1 is 0.931 bits per heavy atom. The Kier molecular flexibility index (Phi) is 8.89. The number of guanidine groups is 1. The van der Waals surface area contributed by atoms with Crippen molar-refractivity contribution >= 4 is 29.9 Å². The van der Waals surface area contributed by atoms with Gasteiger partial charge in [0.2, 0.25) is 0 Å². The van der Waals surface area contributed by atoms with Crippen LogP contribution in [0.25, 0.3) is 0 Å². The maximum absolute atomic E-state index is 4.69. The van der Waals surface area contributed by atoms with Crippen LogP contribution in [0.2, 0.25) is 0 Å². The molecule has 4 aliphatic heterocycles. The molecule has 4 heterocycles. The van der Waals surface area contributed by atoms with Crippen molar-refractivity contribution in [2.24, 2.45) is 4.99 Å². The smallest absolute Gasteiger partial charge is 0.193 e. The molecule has 0 amide bonds. The SMILES string of the molecule is CN=C(NCC1(N2CCCCC2)CCN(C)CC1)N1CCC(N2CCCC2)C1.I. The summed E-state index contributed by atoms with van der Waals surface area (Å²) in [5, 5.41) is 3.84. The molecule has 6 nitrogen and oxygen atoms in total. The molecule has 0 aromatic rings. The predicted octanol–water partition coefficient (Wildman–Crippen LogP) is 2.30. The lowest BCUT2D eigenvalue weighted by molar-refractivity contribution is 0.0170. The normalized spacial score (nSPS) is 29.8. The zero-order valence-corrected chi connectivity index (χ0v) is 21.1. The van der Waals surface area contributed by atoms with E-state index in [2.05, 4.69) is 32.0 Å². The second-order valence-corrected chi connectivity index (χ2v) is 9.61. The molecular weight excluding hydrogens is 475 g/mol. The Morgan fingerprint density at radius 2 is 1.59 bits per heavy atom. The number of halogens is 1. The molecule has 0 saturated carbocycles. The molecule has 0 aromatic carbocycles. The minimum Gasteiger partial charge on any atom is -0.354 e. The summed E-state index contributed by atoms with van der Waals surface area (Å²) in [6.45, 7) is 11.0. The van der Waals surface area contributed by atoms with Gasteiger partial charge in [0.05, 0.1) is 0 Å². The van der Waals surface area contributed by atoms with E-state index in [0.29, 0.717) is 5.54 Å². The molecule has 4 saturated heterocycles. The average molecular weight is 519 g/mol. The van der Waals surface area contributed by atoms with Gasteiger partial charge in [-0.25, -0.2) is 0 Å². The van der Waals surface area contributed by atoms with Crippen molar-refractivity contribution in [3.05, 3.63) is 0 Å². The van der Waals surface area contributed by atoms with Crippen LogP contribution in [0, 0.1) is 0 Å². The summed E-state index contributed by atoms with van der Waals surface area (Å²) >= 11 is 0.